The van der Waals surface area contributed by atoms with Gasteiger partial charge in [0.15, 0.2) is 0 Å². The van der Waals surface area contributed by atoms with Crippen LogP contribution in [0, 0.1) is 13.8 Å². The topological polar surface area (TPSA) is 64.1 Å². The van der Waals surface area contributed by atoms with E-state index in [9.17, 15) is 4.79 Å². The van der Waals surface area contributed by atoms with Gasteiger partial charge >= 0.3 is 6.01 Å². The molecule has 2 aromatic rings. The van der Waals surface area contributed by atoms with Crippen molar-refractivity contribution in [1.82, 2.24) is 15.3 Å². The number of thiophene rings is 1. The molecule has 128 valence electrons. The fraction of sp³-hybridized carbons (Fsp3) is 0.471. The van der Waals surface area contributed by atoms with E-state index in [1.165, 1.54) is 11.3 Å². The number of aryl methyl sites for hydroxylation is 2. The van der Waals surface area contributed by atoms with Crippen molar-refractivity contribution < 1.29 is 9.53 Å². The lowest BCUT2D eigenvalue weighted by molar-refractivity contribution is 0.0888. The van der Waals surface area contributed by atoms with Crippen molar-refractivity contribution in [3.63, 3.8) is 0 Å². The highest BCUT2D eigenvalue weighted by molar-refractivity contribution is 7.17. The number of hydrogen-bond acceptors (Lipinski definition) is 5. The number of ether oxygens (including phenoxy) is 1. The molecule has 2 aromatic heterocycles. The van der Waals surface area contributed by atoms with Gasteiger partial charge < -0.3 is 10.1 Å². The molecule has 0 aromatic carbocycles. The van der Waals surface area contributed by atoms with Gasteiger partial charge in [0.05, 0.1) is 9.21 Å². The van der Waals surface area contributed by atoms with Crippen molar-refractivity contribution in [1.29, 1.82) is 0 Å². The van der Waals surface area contributed by atoms with Crippen LogP contribution in [-0.4, -0.2) is 28.0 Å². The van der Waals surface area contributed by atoms with E-state index in [1.807, 2.05) is 19.9 Å². The molecule has 1 saturated carbocycles. The Morgan fingerprint density at radius 2 is 1.88 bits per heavy atom. The first kappa shape index (κ1) is 17.2. The van der Waals surface area contributed by atoms with E-state index in [0.29, 0.717) is 15.2 Å². The van der Waals surface area contributed by atoms with Crippen molar-refractivity contribution in [3.8, 4) is 6.01 Å². The lowest BCUT2D eigenvalue weighted by atomic mass is 9.93. The number of rotatable bonds is 4. The lowest BCUT2D eigenvalue weighted by Gasteiger charge is -2.28. The Kier molecular flexibility index (Phi) is 5.36. The largest absolute Gasteiger partial charge is 0.460 e. The van der Waals surface area contributed by atoms with Crippen LogP contribution in [0.2, 0.25) is 4.34 Å². The molecular formula is C17H20ClN3O2S. The van der Waals surface area contributed by atoms with Gasteiger partial charge in [0, 0.05) is 17.4 Å². The van der Waals surface area contributed by atoms with Crippen molar-refractivity contribution in [2.24, 2.45) is 0 Å². The quantitative estimate of drug-likeness (QED) is 0.891. The summed E-state index contributed by atoms with van der Waals surface area (Å²) >= 11 is 7.18. The van der Waals surface area contributed by atoms with Gasteiger partial charge in [-0.05, 0) is 57.7 Å². The monoisotopic (exact) mass is 365 g/mol. The minimum atomic E-state index is -0.0473. The van der Waals surface area contributed by atoms with Crippen LogP contribution in [0.15, 0.2) is 18.2 Å². The lowest BCUT2D eigenvalue weighted by Crippen LogP contribution is -2.39. The van der Waals surface area contributed by atoms with E-state index in [4.69, 9.17) is 16.3 Å². The summed E-state index contributed by atoms with van der Waals surface area (Å²) in [4.78, 5) is 21.5. The molecule has 0 atom stereocenters. The molecule has 5 nitrogen and oxygen atoms in total. The Bertz CT molecular complexity index is 706. The minimum absolute atomic E-state index is 0.0473. The molecule has 1 N–H and O–H groups in total. The van der Waals surface area contributed by atoms with Crippen LogP contribution in [0.4, 0.5) is 0 Å². The Balaban J connectivity index is 1.49. The summed E-state index contributed by atoms with van der Waals surface area (Å²) in [5.41, 5.74) is 1.82. The minimum Gasteiger partial charge on any atom is -0.460 e. The molecule has 0 radical (unpaired) electrons. The van der Waals surface area contributed by atoms with Crippen molar-refractivity contribution in [3.05, 3.63) is 38.8 Å². The summed E-state index contributed by atoms with van der Waals surface area (Å²) in [5.74, 6) is -0.0473. The summed E-state index contributed by atoms with van der Waals surface area (Å²) in [6, 6.07) is 6.06. The van der Waals surface area contributed by atoms with Crippen LogP contribution in [0.1, 0.15) is 46.7 Å². The summed E-state index contributed by atoms with van der Waals surface area (Å²) in [6.45, 7) is 3.87. The molecule has 0 unspecified atom stereocenters. The molecular weight excluding hydrogens is 346 g/mol. The van der Waals surface area contributed by atoms with Gasteiger partial charge in [0.25, 0.3) is 5.91 Å². The highest BCUT2D eigenvalue weighted by Crippen LogP contribution is 2.25. The number of amides is 1. The summed E-state index contributed by atoms with van der Waals surface area (Å²) in [5, 5.41) is 3.08. The SMILES string of the molecule is Cc1cc(C)nc(OC2CCC(NC(=O)c3ccc(Cl)s3)CC2)n1. The van der Waals surface area contributed by atoms with Crippen LogP contribution in [-0.2, 0) is 0 Å². The molecule has 0 bridgehead atoms. The molecule has 1 aliphatic carbocycles. The fourth-order valence-corrected chi connectivity index (χ4v) is 3.86. The zero-order valence-corrected chi connectivity index (χ0v) is 15.3. The highest BCUT2D eigenvalue weighted by Gasteiger charge is 2.25. The highest BCUT2D eigenvalue weighted by atomic mass is 35.5. The van der Waals surface area contributed by atoms with Crippen LogP contribution in [0.5, 0.6) is 6.01 Å². The van der Waals surface area contributed by atoms with Gasteiger partial charge in [-0.3, -0.25) is 4.79 Å². The third-order valence-electron chi connectivity index (χ3n) is 4.04. The first-order chi connectivity index (χ1) is 11.5. The van der Waals surface area contributed by atoms with Crippen LogP contribution < -0.4 is 10.1 Å². The molecule has 24 heavy (non-hydrogen) atoms. The predicted octanol–water partition coefficient (Wildman–Crippen LogP) is 3.93. The Labute approximate surface area is 150 Å². The van der Waals surface area contributed by atoms with Gasteiger partial charge in [-0.1, -0.05) is 11.6 Å². The second-order valence-electron chi connectivity index (χ2n) is 6.10. The molecule has 7 heteroatoms. The number of aromatic nitrogens is 2. The van der Waals surface area contributed by atoms with Gasteiger partial charge in [-0.25, -0.2) is 9.97 Å². The third-order valence-corrected chi connectivity index (χ3v) is 5.27. The molecule has 1 amide bonds. The first-order valence-corrected chi connectivity index (χ1v) is 9.24. The standard InChI is InChI=1S/C17H20ClN3O2S/c1-10-9-11(2)20-17(19-10)23-13-5-3-12(4-6-13)21-16(22)14-7-8-15(18)24-14/h7-9,12-13H,3-6H2,1-2H3,(H,21,22). The average Bonchev–Trinajstić information content (AvgIpc) is 2.95. The predicted molar refractivity (Wildman–Crippen MR) is 95.0 cm³/mol. The maximum atomic E-state index is 12.2. The average molecular weight is 366 g/mol. The molecule has 0 aliphatic heterocycles. The van der Waals surface area contributed by atoms with Crippen LogP contribution in [0.3, 0.4) is 0 Å². The number of carbonyl (C=O) groups excluding carboxylic acids is 1. The molecule has 2 heterocycles. The zero-order valence-electron chi connectivity index (χ0n) is 13.7. The summed E-state index contributed by atoms with van der Waals surface area (Å²) < 4.78 is 6.54. The Hall–Kier alpha value is -1.66. The van der Waals surface area contributed by atoms with E-state index in [1.54, 1.807) is 12.1 Å². The number of halogens is 1. The van der Waals surface area contributed by atoms with E-state index in [2.05, 4.69) is 15.3 Å². The number of carbonyl (C=O) groups is 1. The molecule has 0 spiro atoms. The van der Waals surface area contributed by atoms with Crippen molar-refractivity contribution in [2.45, 2.75) is 51.7 Å². The zero-order chi connectivity index (χ0) is 17.1. The van der Waals surface area contributed by atoms with Crippen LogP contribution in [0.25, 0.3) is 0 Å². The smallest absolute Gasteiger partial charge is 0.317 e. The molecule has 0 saturated heterocycles. The number of nitrogens with zero attached hydrogens (tertiary/aromatic N) is 2. The number of nitrogens with one attached hydrogen (secondary N) is 1. The summed E-state index contributed by atoms with van der Waals surface area (Å²) in [7, 11) is 0. The summed E-state index contributed by atoms with van der Waals surface area (Å²) in [6.07, 6.45) is 3.65. The molecule has 1 fully saturated rings. The maximum absolute atomic E-state index is 12.2. The maximum Gasteiger partial charge on any atom is 0.317 e. The normalized spacial score (nSPS) is 20.6. The van der Waals surface area contributed by atoms with Gasteiger partial charge in [-0.15, -0.1) is 11.3 Å². The third kappa shape index (κ3) is 4.45. The number of hydrogen-bond donors (Lipinski definition) is 1. The second kappa shape index (κ2) is 7.49. The van der Waals surface area contributed by atoms with Crippen molar-refractivity contribution >= 4 is 28.8 Å². The van der Waals surface area contributed by atoms with E-state index < -0.39 is 0 Å². The molecule has 1 aliphatic rings. The van der Waals surface area contributed by atoms with E-state index >= 15 is 0 Å². The van der Waals surface area contributed by atoms with Gasteiger partial charge in [0.2, 0.25) is 0 Å². The second-order valence-corrected chi connectivity index (χ2v) is 7.82. The van der Waals surface area contributed by atoms with Gasteiger partial charge in [0.1, 0.15) is 6.10 Å². The Morgan fingerprint density at radius 1 is 1.21 bits per heavy atom. The molecule has 3 rings (SSSR count). The Morgan fingerprint density at radius 3 is 2.46 bits per heavy atom. The van der Waals surface area contributed by atoms with Crippen molar-refractivity contribution in [2.75, 3.05) is 0 Å². The van der Waals surface area contributed by atoms with E-state index in [0.717, 1.165) is 37.1 Å². The fourth-order valence-electron chi connectivity index (χ4n) is 2.91. The van der Waals surface area contributed by atoms with E-state index in [-0.39, 0.29) is 18.1 Å². The van der Waals surface area contributed by atoms with Crippen LogP contribution >= 0.6 is 22.9 Å². The van der Waals surface area contributed by atoms with Gasteiger partial charge in [-0.2, -0.15) is 0 Å². The first-order valence-electron chi connectivity index (χ1n) is 8.05.